The highest BCUT2D eigenvalue weighted by atomic mass is 19.1. The summed E-state index contributed by atoms with van der Waals surface area (Å²) < 4.78 is 18.3. The molecule has 0 aliphatic carbocycles. The Hall–Kier alpha value is -3.60. The van der Waals surface area contributed by atoms with E-state index in [1.54, 1.807) is 24.3 Å². The van der Waals surface area contributed by atoms with Gasteiger partial charge in [-0.05, 0) is 90.6 Å². The van der Waals surface area contributed by atoms with Crippen molar-refractivity contribution in [1.29, 1.82) is 0 Å². The molecule has 0 fully saturated rings. The van der Waals surface area contributed by atoms with Crippen LogP contribution in [0.25, 0.3) is 6.08 Å². The molecule has 5 heteroatoms. The molecule has 0 bridgehead atoms. The minimum atomic E-state index is -0.533. The molecule has 1 atom stereocenters. The molecule has 1 heterocycles. The van der Waals surface area contributed by atoms with Gasteiger partial charge >= 0.3 is 5.97 Å². The number of phenolic OH excluding ortho intramolecular Hbond substituents is 1. The van der Waals surface area contributed by atoms with Gasteiger partial charge in [0.25, 0.3) is 0 Å². The topological polar surface area (TPSA) is 49.8 Å². The highest BCUT2D eigenvalue weighted by Crippen LogP contribution is 2.44. The third-order valence-electron chi connectivity index (χ3n) is 6.33. The van der Waals surface area contributed by atoms with Gasteiger partial charge in [0.2, 0.25) is 0 Å². The van der Waals surface area contributed by atoms with Gasteiger partial charge in [-0.1, -0.05) is 24.3 Å². The molecule has 0 radical (unpaired) electrons. The summed E-state index contributed by atoms with van der Waals surface area (Å²) in [7, 11) is 1.35. The third kappa shape index (κ3) is 3.86. The molecule has 0 amide bonds. The standard InChI is InChI=1S/C27H26FNO3/c1-18-16-21(6-4-19(18)5-13-26(31)32-3)27(2)25-12-11-24(30)17-20(25)14-15-29(27)23-9-7-22(28)8-10-23/h4-13,16-17,30H,14-15H2,1-3H3. The molecule has 1 aliphatic heterocycles. The summed E-state index contributed by atoms with van der Waals surface area (Å²) >= 11 is 0. The lowest BCUT2D eigenvalue weighted by molar-refractivity contribution is -0.134. The molecule has 0 saturated carbocycles. The van der Waals surface area contributed by atoms with Gasteiger partial charge in [0.05, 0.1) is 12.6 Å². The molecule has 0 saturated heterocycles. The minimum Gasteiger partial charge on any atom is -0.508 e. The van der Waals surface area contributed by atoms with Crippen molar-refractivity contribution in [3.8, 4) is 5.75 Å². The van der Waals surface area contributed by atoms with Crippen LogP contribution in [0.5, 0.6) is 5.75 Å². The molecule has 164 valence electrons. The second kappa shape index (κ2) is 8.50. The summed E-state index contributed by atoms with van der Waals surface area (Å²) in [5, 5.41) is 10.0. The van der Waals surface area contributed by atoms with E-state index in [0.29, 0.717) is 0 Å². The van der Waals surface area contributed by atoms with Crippen molar-refractivity contribution < 1.29 is 19.0 Å². The van der Waals surface area contributed by atoms with E-state index in [9.17, 15) is 14.3 Å². The molecule has 1 N–H and O–H groups in total. The average Bonchev–Trinajstić information content (AvgIpc) is 2.78. The van der Waals surface area contributed by atoms with E-state index in [1.165, 1.54) is 25.3 Å². The quantitative estimate of drug-likeness (QED) is 0.447. The van der Waals surface area contributed by atoms with Crippen LogP contribution in [-0.2, 0) is 21.5 Å². The molecular formula is C27H26FNO3. The van der Waals surface area contributed by atoms with Crippen LogP contribution in [0, 0.1) is 12.7 Å². The first-order chi connectivity index (χ1) is 15.3. The van der Waals surface area contributed by atoms with Crippen molar-refractivity contribution in [2.24, 2.45) is 0 Å². The Bertz CT molecular complexity index is 1190. The van der Waals surface area contributed by atoms with Gasteiger partial charge in [-0.2, -0.15) is 0 Å². The van der Waals surface area contributed by atoms with Crippen molar-refractivity contribution in [1.82, 2.24) is 0 Å². The number of benzene rings is 3. The maximum Gasteiger partial charge on any atom is 0.330 e. The number of hydrogen-bond acceptors (Lipinski definition) is 4. The Morgan fingerprint density at radius 2 is 1.88 bits per heavy atom. The number of phenols is 1. The van der Waals surface area contributed by atoms with E-state index in [-0.39, 0.29) is 11.6 Å². The van der Waals surface area contributed by atoms with Crippen LogP contribution in [0.3, 0.4) is 0 Å². The molecule has 0 spiro atoms. The van der Waals surface area contributed by atoms with Crippen LogP contribution in [0.1, 0.15) is 34.7 Å². The van der Waals surface area contributed by atoms with E-state index < -0.39 is 11.5 Å². The van der Waals surface area contributed by atoms with Crippen LogP contribution in [0.15, 0.2) is 66.7 Å². The summed E-state index contributed by atoms with van der Waals surface area (Å²) in [6, 6.07) is 18.3. The fourth-order valence-electron chi connectivity index (χ4n) is 4.57. The monoisotopic (exact) mass is 431 g/mol. The maximum atomic E-state index is 13.6. The van der Waals surface area contributed by atoms with Crippen LogP contribution in [0.4, 0.5) is 10.1 Å². The lowest BCUT2D eigenvalue weighted by atomic mass is 9.76. The molecule has 1 unspecified atom stereocenters. The molecule has 0 aromatic heterocycles. The highest BCUT2D eigenvalue weighted by molar-refractivity contribution is 5.87. The third-order valence-corrected chi connectivity index (χ3v) is 6.33. The maximum absolute atomic E-state index is 13.6. The van der Waals surface area contributed by atoms with E-state index >= 15 is 0 Å². The van der Waals surface area contributed by atoms with Crippen LogP contribution in [-0.4, -0.2) is 24.7 Å². The Kier molecular flexibility index (Phi) is 5.74. The number of methoxy groups -OCH3 is 1. The second-order valence-electron chi connectivity index (χ2n) is 8.22. The van der Waals surface area contributed by atoms with Gasteiger partial charge in [-0.3, -0.25) is 0 Å². The normalized spacial score (nSPS) is 17.9. The van der Waals surface area contributed by atoms with Crippen molar-refractivity contribution in [2.45, 2.75) is 25.8 Å². The lowest BCUT2D eigenvalue weighted by Gasteiger charge is -2.48. The summed E-state index contributed by atoms with van der Waals surface area (Å²) in [5.41, 5.74) is 5.61. The Labute approximate surface area is 187 Å². The zero-order chi connectivity index (χ0) is 22.9. The summed E-state index contributed by atoms with van der Waals surface area (Å²) in [4.78, 5) is 13.8. The molecule has 3 aromatic rings. The smallest absolute Gasteiger partial charge is 0.330 e. The Balaban J connectivity index is 1.85. The molecule has 1 aliphatic rings. The first-order valence-electron chi connectivity index (χ1n) is 10.6. The number of halogens is 1. The fourth-order valence-corrected chi connectivity index (χ4v) is 4.57. The SMILES string of the molecule is COC(=O)C=Cc1ccc(C2(C)c3ccc(O)cc3CCN2c2ccc(F)cc2)cc1C. The molecular weight excluding hydrogens is 405 g/mol. The van der Waals surface area contributed by atoms with Gasteiger partial charge in [-0.25, -0.2) is 9.18 Å². The number of aryl methyl sites for hydroxylation is 1. The predicted molar refractivity (Wildman–Crippen MR) is 124 cm³/mol. The number of carbonyl (C=O) groups excluding carboxylic acids is 1. The molecule has 4 rings (SSSR count). The number of fused-ring (bicyclic) bond motifs is 1. The summed E-state index contributed by atoms with van der Waals surface area (Å²) in [6.07, 6.45) is 3.93. The number of esters is 1. The van der Waals surface area contributed by atoms with E-state index in [2.05, 4.69) is 28.7 Å². The van der Waals surface area contributed by atoms with Gasteiger partial charge in [0.1, 0.15) is 11.6 Å². The number of aromatic hydroxyl groups is 1. The van der Waals surface area contributed by atoms with Gasteiger partial charge < -0.3 is 14.7 Å². The number of hydrogen-bond donors (Lipinski definition) is 1. The van der Waals surface area contributed by atoms with Gasteiger partial charge in [0, 0.05) is 18.3 Å². The first-order valence-corrected chi connectivity index (χ1v) is 10.6. The zero-order valence-electron chi connectivity index (χ0n) is 18.4. The zero-order valence-corrected chi connectivity index (χ0v) is 18.4. The van der Waals surface area contributed by atoms with Gasteiger partial charge in [-0.15, -0.1) is 0 Å². The fraction of sp³-hybridized carbons (Fsp3) is 0.222. The predicted octanol–water partition coefficient (Wildman–Crippen LogP) is 5.35. The van der Waals surface area contributed by atoms with E-state index in [4.69, 9.17) is 0 Å². The van der Waals surface area contributed by atoms with Crippen LogP contribution in [0.2, 0.25) is 0 Å². The van der Waals surface area contributed by atoms with Crippen molar-refractivity contribution in [3.05, 3.63) is 100 Å². The van der Waals surface area contributed by atoms with Crippen molar-refractivity contribution >= 4 is 17.7 Å². The molecule has 32 heavy (non-hydrogen) atoms. The number of rotatable bonds is 4. The van der Waals surface area contributed by atoms with Crippen molar-refractivity contribution in [2.75, 3.05) is 18.6 Å². The highest BCUT2D eigenvalue weighted by Gasteiger charge is 2.40. The largest absolute Gasteiger partial charge is 0.508 e. The number of ether oxygens (including phenoxy) is 1. The average molecular weight is 432 g/mol. The van der Waals surface area contributed by atoms with E-state index in [1.807, 2.05) is 25.1 Å². The number of anilines is 1. The molecule has 4 nitrogen and oxygen atoms in total. The van der Waals surface area contributed by atoms with E-state index in [0.717, 1.165) is 46.5 Å². The Morgan fingerprint density at radius 1 is 1.12 bits per heavy atom. The summed E-state index contributed by atoms with van der Waals surface area (Å²) in [5.74, 6) is -0.417. The number of nitrogens with zero attached hydrogens (tertiary/aromatic N) is 1. The number of carbonyl (C=O) groups is 1. The van der Waals surface area contributed by atoms with Crippen LogP contribution >= 0.6 is 0 Å². The summed E-state index contributed by atoms with van der Waals surface area (Å²) in [6.45, 7) is 4.89. The second-order valence-corrected chi connectivity index (χ2v) is 8.22. The van der Waals surface area contributed by atoms with Gasteiger partial charge in [0.15, 0.2) is 0 Å². The first kappa shape index (κ1) is 21.6. The Morgan fingerprint density at radius 3 is 2.56 bits per heavy atom. The minimum absolute atomic E-state index is 0.251. The molecule has 3 aromatic carbocycles. The van der Waals surface area contributed by atoms with Crippen LogP contribution < -0.4 is 4.90 Å². The van der Waals surface area contributed by atoms with Crippen molar-refractivity contribution in [3.63, 3.8) is 0 Å². The lowest BCUT2D eigenvalue weighted by Crippen LogP contribution is -2.49.